The van der Waals surface area contributed by atoms with Crippen LogP contribution in [0.25, 0.3) is 6.08 Å². The molecule has 0 saturated heterocycles. The van der Waals surface area contributed by atoms with Crippen molar-refractivity contribution < 1.29 is 24.2 Å². The Morgan fingerprint density at radius 1 is 1.33 bits per heavy atom. The molecule has 5 nitrogen and oxygen atoms in total. The van der Waals surface area contributed by atoms with Gasteiger partial charge >= 0.3 is 11.9 Å². The van der Waals surface area contributed by atoms with Gasteiger partial charge in [0.15, 0.2) is 0 Å². The normalized spacial score (nSPS) is 10.3. The van der Waals surface area contributed by atoms with Crippen molar-refractivity contribution in [2.45, 2.75) is 6.42 Å². The molecule has 0 aliphatic carbocycles. The van der Waals surface area contributed by atoms with Gasteiger partial charge in [-0.15, -0.1) is 0 Å². The highest BCUT2D eigenvalue weighted by Gasteiger charge is 2.07. The van der Waals surface area contributed by atoms with E-state index >= 15 is 0 Å². The minimum atomic E-state index is -0.937. The Hall–Kier alpha value is -2.30. The molecule has 0 aliphatic heterocycles. The van der Waals surface area contributed by atoms with E-state index in [0.717, 1.165) is 0 Å². The quantitative estimate of drug-likeness (QED) is 0.633. The van der Waals surface area contributed by atoms with Gasteiger partial charge in [-0.3, -0.25) is 4.79 Å². The third-order valence-corrected chi connectivity index (χ3v) is 2.29. The molecule has 0 bridgehead atoms. The van der Waals surface area contributed by atoms with Crippen LogP contribution in [-0.4, -0.2) is 31.3 Å². The summed E-state index contributed by atoms with van der Waals surface area (Å²) >= 11 is 0. The second-order valence-corrected chi connectivity index (χ2v) is 3.49. The van der Waals surface area contributed by atoms with Crippen LogP contribution >= 0.6 is 0 Å². The van der Waals surface area contributed by atoms with Gasteiger partial charge in [-0.25, -0.2) is 4.79 Å². The van der Waals surface area contributed by atoms with Gasteiger partial charge in [0.25, 0.3) is 0 Å². The van der Waals surface area contributed by atoms with Crippen LogP contribution in [0, 0.1) is 0 Å². The number of esters is 1. The lowest BCUT2D eigenvalue weighted by Gasteiger charge is -2.06. The first kappa shape index (κ1) is 13.8. The minimum Gasteiger partial charge on any atom is -0.497 e. The van der Waals surface area contributed by atoms with E-state index in [1.54, 1.807) is 18.2 Å². The van der Waals surface area contributed by atoms with E-state index in [1.165, 1.54) is 26.4 Å². The Bertz CT molecular complexity index is 476. The second-order valence-electron chi connectivity index (χ2n) is 3.49. The van der Waals surface area contributed by atoms with Gasteiger partial charge in [0.05, 0.1) is 20.6 Å². The number of rotatable bonds is 5. The maximum absolute atomic E-state index is 11.0. The van der Waals surface area contributed by atoms with Crippen molar-refractivity contribution in [3.05, 3.63) is 35.4 Å². The topological polar surface area (TPSA) is 72.8 Å². The number of benzene rings is 1. The lowest BCUT2D eigenvalue weighted by molar-refractivity contribution is -0.136. The summed E-state index contributed by atoms with van der Waals surface area (Å²) in [6.45, 7) is 0. The molecule has 0 amide bonds. The standard InChI is InChI=1S/C13H14O5/c1-17-11-5-3-10(8-12(14)15)9(7-11)4-6-13(16)18-2/h3-7H,8H2,1-2H3,(H,14,15). The Morgan fingerprint density at radius 2 is 2.06 bits per heavy atom. The summed E-state index contributed by atoms with van der Waals surface area (Å²) in [6.07, 6.45) is 2.62. The van der Waals surface area contributed by atoms with Crippen molar-refractivity contribution >= 4 is 18.0 Å². The van der Waals surface area contributed by atoms with E-state index in [0.29, 0.717) is 16.9 Å². The number of carbonyl (C=O) groups is 2. The van der Waals surface area contributed by atoms with Crippen molar-refractivity contribution in [1.29, 1.82) is 0 Å². The van der Waals surface area contributed by atoms with E-state index in [2.05, 4.69) is 4.74 Å². The molecule has 5 heteroatoms. The fourth-order valence-electron chi connectivity index (χ4n) is 1.40. The fraction of sp³-hybridized carbons (Fsp3) is 0.231. The summed E-state index contributed by atoms with van der Waals surface area (Å²) in [6, 6.07) is 5.00. The van der Waals surface area contributed by atoms with Crippen molar-refractivity contribution in [3.8, 4) is 5.75 Å². The first-order valence-electron chi connectivity index (χ1n) is 5.21. The molecule has 0 aliphatic rings. The number of hydrogen-bond donors (Lipinski definition) is 1. The highest BCUT2D eigenvalue weighted by atomic mass is 16.5. The number of carboxylic acids is 1. The summed E-state index contributed by atoms with van der Waals surface area (Å²) in [5, 5.41) is 8.79. The highest BCUT2D eigenvalue weighted by Crippen LogP contribution is 2.19. The Morgan fingerprint density at radius 3 is 2.61 bits per heavy atom. The monoisotopic (exact) mass is 250 g/mol. The molecule has 0 spiro atoms. The lowest BCUT2D eigenvalue weighted by atomic mass is 10.0. The van der Waals surface area contributed by atoms with Gasteiger partial charge in [-0.05, 0) is 29.3 Å². The zero-order chi connectivity index (χ0) is 13.5. The molecule has 18 heavy (non-hydrogen) atoms. The molecule has 0 unspecified atom stereocenters. The third-order valence-electron chi connectivity index (χ3n) is 2.29. The second kappa shape index (κ2) is 6.44. The highest BCUT2D eigenvalue weighted by molar-refractivity contribution is 5.87. The molecule has 1 aromatic carbocycles. The number of hydrogen-bond acceptors (Lipinski definition) is 4. The smallest absolute Gasteiger partial charge is 0.330 e. The van der Waals surface area contributed by atoms with E-state index in [1.807, 2.05) is 0 Å². The molecule has 96 valence electrons. The average Bonchev–Trinajstić information content (AvgIpc) is 2.36. The largest absolute Gasteiger partial charge is 0.497 e. The maximum atomic E-state index is 11.0. The number of aliphatic carboxylic acids is 1. The summed E-state index contributed by atoms with van der Waals surface area (Å²) in [5.41, 5.74) is 1.21. The molecule has 0 radical (unpaired) electrons. The van der Waals surface area contributed by atoms with Crippen molar-refractivity contribution in [2.75, 3.05) is 14.2 Å². The summed E-state index contributed by atoms with van der Waals surface area (Å²) in [4.78, 5) is 21.7. The Balaban J connectivity index is 3.07. The van der Waals surface area contributed by atoms with Gasteiger partial charge in [0.1, 0.15) is 5.75 Å². The van der Waals surface area contributed by atoms with Gasteiger partial charge in [-0.2, -0.15) is 0 Å². The number of carbonyl (C=O) groups excluding carboxylic acids is 1. The van der Waals surface area contributed by atoms with Crippen LogP contribution in [0.3, 0.4) is 0 Å². The van der Waals surface area contributed by atoms with Gasteiger partial charge in [0.2, 0.25) is 0 Å². The van der Waals surface area contributed by atoms with Gasteiger partial charge in [0, 0.05) is 6.08 Å². The van der Waals surface area contributed by atoms with E-state index < -0.39 is 11.9 Å². The zero-order valence-electron chi connectivity index (χ0n) is 10.2. The SMILES string of the molecule is COC(=O)C=Cc1cc(OC)ccc1CC(=O)O. The molecule has 1 N–H and O–H groups in total. The Labute approximate surface area is 105 Å². The number of ether oxygens (including phenoxy) is 2. The third kappa shape index (κ3) is 3.93. The number of methoxy groups -OCH3 is 2. The minimum absolute atomic E-state index is 0.120. The van der Waals surface area contributed by atoms with Crippen molar-refractivity contribution in [3.63, 3.8) is 0 Å². The maximum Gasteiger partial charge on any atom is 0.330 e. The van der Waals surface area contributed by atoms with E-state index in [-0.39, 0.29) is 6.42 Å². The number of carboxylic acid groups (broad SMARTS) is 1. The molecule has 0 heterocycles. The summed E-state index contributed by atoms with van der Waals surface area (Å²) in [7, 11) is 2.79. The lowest BCUT2D eigenvalue weighted by Crippen LogP contribution is -2.02. The average molecular weight is 250 g/mol. The summed E-state index contributed by atoms with van der Waals surface area (Å²) < 4.78 is 9.53. The molecule has 0 saturated carbocycles. The molecule has 0 fully saturated rings. The van der Waals surface area contributed by atoms with Gasteiger partial charge in [-0.1, -0.05) is 6.07 Å². The van der Waals surface area contributed by atoms with Crippen LogP contribution in [0.5, 0.6) is 5.75 Å². The van der Waals surface area contributed by atoms with Crippen LogP contribution in [0.15, 0.2) is 24.3 Å². The first-order chi connectivity index (χ1) is 8.56. The van der Waals surface area contributed by atoms with Crippen LogP contribution in [0.1, 0.15) is 11.1 Å². The van der Waals surface area contributed by atoms with Crippen LogP contribution in [0.2, 0.25) is 0 Å². The molecule has 1 rings (SSSR count). The Kier molecular flexibility index (Phi) is 4.92. The fourth-order valence-corrected chi connectivity index (χ4v) is 1.40. The predicted octanol–water partition coefficient (Wildman–Crippen LogP) is 1.51. The first-order valence-corrected chi connectivity index (χ1v) is 5.21. The van der Waals surface area contributed by atoms with E-state index in [9.17, 15) is 9.59 Å². The van der Waals surface area contributed by atoms with E-state index in [4.69, 9.17) is 9.84 Å². The molecular weight excluding hydrogens is 236 g/mol. The molecule has 0 aromatic heterocycles. The molecule has 0 atom stereocenters. The molecular formula is C13H14O5. The van der Waals surface area contributed by atoms with Crippen molar-refractivity contribution in [2.24, 2.45) is 0 Å². The summed E-state index contributed by atoms with van der Waals surface area (Å²) in [5.74, 6) is -0.847. The van der Waals surface area contributed by atoms with Crippen LogP contribution in [0.4, 0.5) is 0 Å². The van der Waals surface area contributed by atoms with Crippen molar-refractivity contribution in [1.82, 2.24) is 0 Å². The molecule has 1 aromatic rings. The predicted molar refractivity (Wildman–Crippen MR) is 65.4 cm³/mol. The van der Waals surface area contributed by atoms with Crippen LogP contribution < -0.4 is 4.74 Å². The zero-order valence-corrected chi connectivity index (χ0v) is 10.2. The van der Waals surface area contributed by atoms with Crippen LogP contribution in [-0.2, 0) is 20.7 Å². The van der Waals surface area contributed by atoms with Gasteiger partial charge < -0.3 is 14.6 Å².